The van der Waals surface area contributed by atoms with Crippen LogP contribution in [0.15, 0.2) is 47.3 Å². The van der Waals surface area contributed by atoms with E-state index in [4.69, 9.17) is 9.15 Å². The molecule has 1 aromatic carbocycles. The third-order valence-corrected chi connectivity index (χ3v) is 5.40. The molecule has 9 heteroatoms. The summed E-state index contributed by atoms with van der Waals surface area (Å²) in [5, 5.41) is 11.2. The third-order valence-electron chi connectivity index (χ3n) is 5.40. The van der Waals surface area contributed by atoms with Crippen molar-refractivity contribution in [3.05, 3.63) is 54.6 Å². The van der Waals surface area contributed by atoms with Crippen LogP contribution < -0.4 is 10.1 Å². The lowest BCUT2D eigenvalue weighted by atomic mass is 9.82. The molecule has 0 atom stereocenters. The fraction of sp³-hybridized carbons (Fsp3) is 0.409. The molecule has 4 rings (SSSR count). The van der Waals surface area contributed by atoms with E-state index in [9.17, 15) is 9.18 Å². The van der Waals surface area contributed by atoms with E-state index in [-0.39, 0.29) is 30.7 Å². The van der Waals surface area contributed by atoms with Crippen LogP contribution in [0.1, 0.15) is 43.9 Å². The number of rotatable bonds is 8. The van der Waals surface area contributed by atoms with Crippen molar-refractivity contribution in [3.8, 4) is 17.3 Å². The van der Waals surface area contributed by atoms with Gasteiger partial charge in [-0.05, 0) is 43.7 Å². The molecule has 1 saturated carbocycles. The Bertz CT molecular complexity index is 990. The Kier molecular flexibility index (Phi) is 6.81. The summed E-state index contributed by atoms with van der Waals surface area (Å²) < 4.78 is 24.3. The van der Waals surface area contributed by atoms with Gasteiger partial charge in [0.1, 0.15) is 17.3 Å². The minimum absolute atomic E-state index is 0.0657. The molecule has 2 heterocycles. The summed E-state index contributed by atoms with van der Waals surface area (Å²) in [6, 6.07) is 5.89. The van der Waals surface area contributed by atoms with E-state index in [1.54, 1.807) is 30.7 Å². The molecular weight excluding hydrogens is 401 g/mol. The summed E-state index contributed by atoms with van der Waals surface area (Å²) in [6.45, 7) is 0.855. The number of carbonyl (C=O) groups is 1. The van der Waals surface area contributed by atoms with Crippen LogP contribution in [0, 0.1) is 11.7 Å². The van der Waals surface area contributed by atoms with Gasteiger partial charge in [-0.25, -0.2) is 9.37 Å². The maximum atomic E-state index is 13.1. The van der Waals surface area contributed by atoms with Crippen LogP contribution in [0.4, 0.5) is 4.39 Å². The average Bonchev–Trinajstić information content (AvgIpc) is 3.29. The first-order chi connectivity index (χ1) is 15.2. The van der Waals surface area contributed by atoms with Gasteiger partial charge in [-0.1, -0.05) is 6.07 Å². The average molecular weight is 425 g/mol. The lowest BCUT2D eigenvalue weighted by Gasteiger charge is -2.26. The highest BCUT2D eigenvalue weighted by molar-refractivity contribution is 5.75. The Balaban J connectivity index is 1.16. The van der Waals surface area contributed by atoms with E-state index in [2.05, 4.69) is 25.5 Å². The summed E-state index contributed by atoms with van der Waals surface area (Å²) >= 11 is 0. The lowest BCUT2D eigenvalue weighted by molar-refractivity contribution is -0.121. The SMILES string of the molecule is O=C(CCOc1cccc(F)c1)NCC1CCC(c2nnc(-c3cnccn3)o2)CC1. The van der Waals surface area contributed by atoms with Gasteiger partial charge in [-0.3, -0.25) is 9.78 Å². The number of nitrogens with one attached hydrogen (secondary N) is 1. The van der Waals surface area contributed by atoms with E-state index in [0.717, 1.165) is 25.7 Å². The van der Waals surface area contributed by atoms with Crippen molar-refractivity contribution in [1.82, 2.24) is 25.5 Å². The summed E-state index contributed by atoms with van der Waals surface area (Å²) in [4.78, 5) is 20.3. The Morgan fingerprint density at radius 2 is 2.06 bits per heavy atom. The molecule has 1 fully saturated rings. The first kappa shape index (κ1) is 20.9. The number of hydrogen-bond acceptors (Lipinski definition) is 7. The van der Waals surface area contributed by atoms with Crippen LogP contribution in [0.5, 0.6) is 5.75 Å². The van der Waals surface area contributed by atoms with E-state index in [0.29, 0.717) is 35.7 Å². The molecule has 1 amide bonds. The van der Waals surface area contributed by atoms with Gasteiger partial charge in [0, 0.05) is 30.9 Å². The summed E-state index contributed by atoms with van der Waals surface area (Å²) in [5.41, 5.74) is 0.569. The Morgan fingerprint density at radius 3 is 2.84 bits per heavy atom. The lowest BCUT2D eigenvalue weighted by Crippen LogP contribution is -2.31. The molecule has 0 aliphatic heterocycles. The number of carbonyl (C=O) groups excluding carboxylic acids is 1. The Hall–Kier alpha value is -3.36. The number of hydrogen-bond donors (Lipinski definition) is 1. The zero-order valence-electron chi connectivity index (χ0n) is 17.0. The Labute approximate surface area is 179 Å². The molecule has 0 spiro atoms. The molecular formula is C22H24FN5O3. The molecule has 1 aliphatic carbocycles. The molecule has 1 N–H and O–H groups in total. The molecule has 31 heavy (non-hydrogen) atoms. The maximum absolute atomic E-state index is 13.1. The van der Waals surface area contributed by atoms with Gasteiger partial charge in [0.2, 0.25) is 11.8 Å². The van der Waals surface area contributed by atoms with Crippen molar-refractivity contribution in [2.45, 2.75) is 38.0 Å². The smallest absolute Gasteiger partial charge is 0.267 e. The van der Waals surface area contributed by atoms with E-state index in [1.807, 2.05) is 0 Å². The van der Waals surface area contributed by atoms with Crippen LogP contribution in [-0.2, 0) is 4.79 Å². The van der Waals surface area contributed by atoms with E-state index in [1.165, 1.54) is 12.1 Å². The van der Waals surface area contributed by atoms with Crippen LogP contribution in [0.25, 0.3) is 11.6 Å². The van der Waals surface area contributed by atoms with Crippen molar-refractivity contribution in [1.29, 1.82) is 0 Å². The van der Waals surface area contributed by atoms with Gasteiger partial charge >= 0.3 is 0 Å². The van der Waals surface area contributed by atoms with E-state index >= 15 is 0 Å². The zero-order valence-corrected chi connectivity index (χ0v) is 17.0. The molecule has 0 saturated heterocycles. The summed E-state index contributed by atoms with van der Waals surface area (Å²) in [7, 11) is 0. The predicted molar refractivity (Wildman–Crippen MR) is 110 cm³/mol. The first-order valence-corrected chi connectivity index (χ1v) is 10.4. The standard InChI is InChI=1S/C22H24FN5O3/c23-17-2-1-3-18(12-17)30-11-8-20(29)26-13-15-4-6-16(7-5-15)21-27-28-22(31-21)19-14-24-9-10-25-19/h1-3,9-10,12,14-16H,4-8,11,13H2,(H,26,29). The normalized spacial score (nSPS) is 18.5. The van der Waals surface area contributed by atoms with Gasteiger partial charge in [-0.2, -0.15) is 0 Å². The van der Waals surface area contributed by atoms with Crippen LogP contribution >= 0.6 is 0 Å². The van der Waals surface area contributed by atoms with Crippen molar-refractivity contribution in [3.63, 3.8) is 0 Å². The number of benzene rings is 1. The predicted octanol–water partition coefficient (Wildman–Crippen LogP) is 3.52. The fourth-order valence-corrected chi connectivity index (χ4v) is 3.69. The van der Waals surface area contributed by atoms with Crippen molar-refractivity contribution >= 4 is 5.91 Å². The summed E-state index contributed by atoms with van der Waals surface area (Å²) in [6.07, 6.45) is 8.85. The van der Waals surface area contributed by atoms with Crippen LogP contribution in [-0.4, -0.2) is 39.2 Å². The number of amides is 1. The Morgan fingerprint density at radius 1 is 1.19 bits per heavy atom. The fourth-order valence-electron chi connectivity index (χ4n) is 3.69. The van der Waals surface area contributed by atoms with Crippen LogP contribution in [0.3, 0.4) is 0 Å². The molecule has 3 aromatic rings. The molecule has 0 bridgehead atoms. The van der Waals surface area contributed by atoms with Gasteiger partial charge < -0.3 is 14.5 Å². The van der Waals surface area contributed by atoms with Gasteiger partial charge in [0.25, 0.3) is 5.89 Å². The first-order valence-electron chi connectivity index (χ1n) is 10.4. The highest BCUT2D eigenvalue weighted by atomic mass is 19.1. The molecule has 0 radical (unpaired) electrons. The topological polar surface area (TPSA) is 103 Å². The molecule has 2 aromatic heterocycles. The summed E-state index contributed by atoms with van der Waals surface area (Å²) in [5.74, 6) is 1.67. The van der Waals surface area contributed by atoms with Gasteiger partial charge in [0.05, 0.1) is 19.2 Å². The van der Waals surface area contributed by atoms with Crippen molar-refractivity contribution < 1.29 is 18.3 Å². The highest BCUT2D eigenvalue weighted by Gasteiger charge is 2.27. The minimum atomic E-state index is -0.358. The van der Waals surface area contributed by atoms with Crippen molar-refractivity contribution in [2.75, 3.05) is 13.2 Å². The number of halogens is 1. The second-order valence-electron chi connectivity index (χ2n) is 7.61. The van der Waals surface area contributed by atoms with Crippen molar-refractivity contribution in [2.24, 2.45) is 5.92 Å². The van der Waals surface area contributed by atoms with Crippen LogP contribution in [0.2, 0.25) is 0 Å². The van der Waals surface area contributed by atoms with Gasteiger partial charge in [0.15, 0.2) is 0 Å². The number of ether oxygens (including phenoxy) is 1. The quantitative estimate of drug-likeness (QED) is 0.589. The largest absolute Gasteiger partial charge is 0.493 e. The maximum Gasteiger partial charge on any atom is 0.267 e. The second kappa shape index (κ2) is 10.1. The molecule has 162 valence electrons. The van der Waals surface area contributed by atoms with Gasteiger partial charge in [-0.15, -0.1) is 10.2 Å². The second-order valence-corrected chi connectivity index (χ2v) is 7.61. The molecule has 0 unspecified atom stereocenters. The number of nitrogens with zero attached hydrogens (tertiary/aromatic N) is 4. The molecule has 8 nitrogen and oxygen atoms in total. The number of aromatic nitrogens is 4. The minimum Gasteiger partial charge on any atom is -0.493 e. The molecule has 1 aliphatic rings. The zero-order chi connectivity index (χ0) is 21.5. The van der Waals surface area contributed by atoms with E-state index < -0.39 is 0 Å². The highest BCUT2D eigenvalue weighted by Crippen LogP contribution is 2.35. The monoisotopic (exact) mass is 425 g/mol. The third kappa shape index (κ3) is 5.84.